The van der Waals surface area contributed by atoms with Gasteiger partial charge in [0.2, 0.25) is 0 Å². The Labute approximate surface area is 122 Å². The zero-order chi connectivity index (χ0) is 14.9. The van der Waals surface area contributed by atoms with Crippen LogP contribution in [0.1, 0.15) is 31.8 Å². The van der Waals surface area contributed by atoms with Gasteiger partial charge in [0.1, 0.15) is 5.82 Å². The number of methoxy groups -OCH3 is 1. The predicted octanol–water partition coefficient (Wildman–Crippen LogP) is 2.28. The number of fused-ring (bicyclic) bond motifs is 1. The van der Waals surface area contributed by atoms with Crippen LogP contribution in [-0.2, 0) is 4.74 Å². The fourth-order valence-electron chi connectivity index (χ4n) is 2.28. The first-order valence-electron chi connectivity index (χ1n) is 6.42. The van der Waals surface area contributed by atoms with Crippen LogP contribution < -0.4 is 11.3 Å². The molecule has 2 aromatic rings. The summed E-state index contributed by atoms with van der Waals surface area (Å²) in [7, 11) is 1.59. The maximum Gasteiger partial charge on any atom is 0.263 e. The Hall–Kier alpha value is -1.43. The highest BCUT2D eigenvalue weighted by atomic mass is 35.5. The number of hydrogen-bond acceptors (Lipinski definition) is 4. The summed E-state index contributed by atoms with van der Waals surface area (Å²) >= 11 is 6.13. The van der Waals surface area contributed by atoms with E-state index in [4.69, 9.17) is 22.1 Å². The number of nitrogens with two attached hydrogens (primary N) is 1. The molecule has 0 fully saturated rings. The lowest BCUT2D eigenvalue weighted by atomic mass is 10.2. The second kappa shape index (κ2) is 5.91. The van der Waals surface area contributed by atoms with E-state index in [9.17, 15) is 4.79 Å². The van der Waals surface area contributed by atoms with Crippen molar-refractivity contribution in [1.29, 1.82) is 0 Å². The molecule has 0 amide bonds. The van der Waals surface area contributed by atoms with E-state index < -0.39 is 0 Å². The molecule has 2 atom stereocenters. The first-order chi connectivity index (χ1) is 9.47. The monoisotopic (exact) mass is 295 g/mol. The second-order valence-corrected chi connectivity index (χ2v) is 5.28. The van der Waals surface area contributed by atoms with E-state index >= 15 is 0 Å². The molecule has 0 saturated heterocycles. The minimum absolute atomic E-state index is 0.165. The van der Waals surface area contributed by atoms with Gasteiger partial charge in [0.05, 0.1) is 34.6 Å². The van der Waals surface area contributed by atoms with Crippen molar-refractivity contribution in [3.63, 3.8) is 0 Å². The van der Waals surface area contributed by atoms with Crippen LogP contribution >= 0.6 is 11.6 Å². The lowest BCUT2D eigenvalue weighted by molar-refractivity contribution is 0.158. The Morgan fingerprint density at radius 3 is 2.75 bits per heavy atom. The van der Waals surface area contributed by atoms with Crippen molar-refractivity contribution < 1.29 is 4.74 Å². The third-order valence-electron chi connectivity index (χ3n) is 3.16. The topological polar surface area (TPSA) is 70.1 Å². The standard InChI is InChI=1S/C14H18ClN3O2/c1-8(7-20-3)18-13(9(2)16)17-11-6-4-5-10(15)12(11)14(18)19/h4-6,8-9H,7,16H2,1-3H3/t8?,9-/m0/s1. The molecule has 1 aromatic carbocycles. The van der Waals surface area contributed by atoms with Crippen molar-refractivity contribution in [3.8, 4) is 0 Å². The molecule has 5 nitrogen and oxygen atoms in total. The molecule has 1 unspecified atom stereocenters. The summed E-state index contributed by atoms with van der Waals surface area (Å²) in [4.78, 5) is 17.2. The minimum Gasteiger partial charge on any atom is -0.383 e. The molecule has 0 saturated carbocycles. The molecule has 0 radical (unpaired) electrons. The van der Waals surface area contributed by atoms with Gasteiger partial charge in [-0.15, -0.1) is 0 Å². The van der Waals surface area contributed by atoms with E-state index in [2.05, 4.69) is 4.98 Å². The lowest BCUT2D eigenvalue weighted by Crippen LogP contribution is -2.32. The van der Waals surface area contributed by atoms with Gasteiger partial charge in [0.25, 0.3) is 5.56 Å². The van der Waals surface area contributed by atoms with Gasteiger partial charge >= 0.3 is 0 Å². The molecule has 1 aromatic heterocycles. The van der Waals surface area contributed by atoms with Crippen LogP contribution in [0.5, 0.6) is 0 Å². The van der Waals surface area contributed by atoms with Crippen molar-refractivity contribution in [2.75, 3.05) is 13.7 Å². The normalized spacial score (nSPS) is 14.4. The number of aromatic nitrogens is 2. The van der Waals surface area contributed by atoms with Gasteiger partial charge in [-0.2, -0.15) is 0 Å². The molecule has 0 aliphatic rings. The van der Waals surface area contributed by atoms with Crippen LogP contribution in [0.15, 0.2) is 23.0 Å². The Bertz CT molecular complexity index is 682. The van der Waals surface area contributed by atoms with Gasteiger partial charge in [-0.3, -0.25) is 9.36 Å². The molecule has 0 spiro atoms. The average Bonchev–Trinajstić information content (AvgIpc) is 2.38. The van der Waals surface area contributed by atoms with Gasteiger partial charge in [0.15, 0.2) is 0 Å². The van der Waals surface area contributed by atoms with E-state index in [1.807, 2.05) is 6.92 Å². The first kappa shape index (κ1) is 15.0. The zero-order valence-corrected chi connectivity index (χ0v) is 12.5. The average molecular weight is 296 g/mol. The summed E-state index contributed by atoms with van der Waals surface area (Å²) in [5.74, 6) is 0.536. The van der Waals surface area contributed by atoms with E-state index in [0.717, 1.165) is 0 Å². The molecule has 2 N–H and O–H groups in total. The van der Waals surface area contributed by atoms with Crippen LogP contribution in [-0.4, -0.2) is 23.3 Å². The largest absolute Gasteiger partial charge is 0.383 e. The van der Waals surface area contributed by atoms with Crippen molar-refractivity contribution in [2.24, 2.45) is 5.73 Å². The second-order valence-electron chi connectivity index (χ2n) is 4.87. The third kappa shape index (κ3) is 2.57. The van der Waals surface area contributed by atoms with Gasteiger partial charge in [-0.05, 0) is 26.0 Å². The molecule has 2 rings (SSSR count). The van der Waals surface area contributed by atoms with E-state index in [0.29, 0.717) is 28.4 Å². The molecule has 0 aliphatic heterocycles. The van der Waals surface area contributed by atoms with Crippen molar-refractivity contribution in [3.05, 3.63) is 39.4 Å². The van der Waals surface area contributed by atoms with Crippen LogP contribution in [0.4, 0.5) is 0 Å². The third-order valence-corrected chi connectivity index (χ3v) is 3.48. The van der Waals surface area contributed by atoms with E-state index in [1.165, 1.54) is 0 Å². The van der Waals surface area contributed by atoms with Gasteiger partial charge < -0.3 is 10.5 Å². The predicted molar refractivity (Wildman–Crippen MR) is 80.2 cm³/mol. The molecule has 0 aliphatic carbocycles. The summed E-state index contributed by atoms with van der Waals surface area (Å²) in [5.41, 5.74) is 6.33. The summed E-state index contributed by atoms with van der Waals surface area (Å²) in [6.45, 7) is 4.09. The minimum atomic E-state index is -0.356. The van der Waals surface area contributed by atoms with E-state index in [1.54, 1.807) is 36.8 Å². The maximum absolute atomic E-state index is 12.7. The Balaban J connectivity index is 2.82. The van der Waals surface area contributed by atoms with Crippen LogP contribution in [0, 0.1) is 0 Å². The molecule has 20 heavy (non-hydrogen) atoms. The molecule has 1 heterocycles. The quantitative estimate of drug-likeness (QED) is 0.939. The highest BCUT2D eigenvalue weighted by Crippen LogP contribution is 2.21. The molecular weight excluding hydrogens is 278 g/mol. The number of nitrogens with zero attached hydrogens (tertiary/aromatic N) is 2. The number of hydrogen-bond donors (Lipinski definition) is 1. The van der Waals surface area contributed by atoms with Crippen LogP contribution in [0.3, 0.4) is 0 Å². The lowest BCUT2D eigenvalue weighted by Gasteiger charge is -2.21. The maximum atomic E-state index is 12.7. The summed E-state index contributed by atoms with van der Waals surface area (Å²) in [5, 5.41) is 0.816. The summed E-state index contributed by atoms with van der Waals surface area (Å²) < 4.78 is 6.70. The molecule has 6 heteroatoms. The van der Waals surface area contributed by atoms with Crippen LogP contribution in [0.25, 0.3) is 10.9 Å². The Kier molecular flexibility index (Phi) is 4.42. The van der Waals surface area contributed by atoms with Gasteiger partial charge in [-0.25, -0.2) is 4.98 Å². The smallest absolute Gasteiger partial charge is 0.263 e. The van der Waals surface area contributed by atoms with Gasteiger partial charge in [0, 0.05) is 7.11 Å². The van der Waals surface area contributed by atoms with Crippen molar-refractivity contribution in [1.82, 2.24) is 9.55 Å². The zero-order valence-electron chi connectivity index (χ0n) is 11.8. The fraction of sp³-hybridized carbons (Fsp3) is 0.429. The Morgan fingerprint density at radius 1 is 1.45 bits per heavy atom. The fourth-order valence-corrected chi connectivity index (χ4v) is 2.53. The van der Waals surface area contributed by atoms with Crippen molar-refractivity contribution >= 4 is 22.5 Å². The first-order valence-corrected chi connectivity index (χ1v) is 6.80. The Morgan fingerprint density at radius 2 is 2.15 bits per heavy atom. The molecular formula is C14H18ClN3O2. The summed E-state index contributed by atoms with van der Waals surface area (Å²) in [6, 6.07) is 4.70. The number of benzene rings is 1. The molecule has 0 bridgehead atoms. The van der Waals surface area contributed by atoms with Crippen molar-refractivity contribution in [2.45, 2.75) is 25.9 Å². The van der Waals surface area contributed by atoms with E-state index in [-0.39, 0.29) is 17.6 Å². The SMILES string of the molecule is COCC(C)n1c([C@H](C)N)nc2cccc(Cl)c2c1=O. The van der Waals surface area contributed by atoms with Crippen LogP contribution in [0.2, 0.25) is 5.02 Å². The highest BCUT2D eigenvalue weighted by Gasteiger charge is 2.19. The highest BCUT2D eigenvalue weighted by molar-refractivity contribution is 6.35. The number of rotatable bonds is 4. The summed E-state index contributed by atoms with van der Waals surface area (Å²) in [6.07, 6.45) is 0. The molecule has 108 valence electrons. The van der Waals surface area contributed by atoms with Gasteiger partial charge in [-0.1, -0.05) is 17.7 Å². The number of ether oxygens (including phenoxy) is 1. The number of halogens is 1.